The number of carbonyl (C=O) groups excluding carboxylic acids is 3. The summed E-state index contributed by atoms with van der Waals surface area (Å²) < 4.78 is 10.5. The first-order valence-corrected chi connectivity index (χ1v) is 7.60. The molecule has 2 saturated carbocycles. The third kappa shape index (κ3) is 1.95. The van der Waals surface area contributed by atoms with Crippen LogP contribution in [-0.4, -0.2) is 30.4 Å². The standard InChI is InChI=1S/C17H16O5/c18-12(9-4-2-1-3-5-9)8-21-16(19)14-10-6-11-13(7-10)22-17(20)15(11)14/h1-5,10-11,13-15H,6-8H2/t10-,11+,13-,14-,15+/m1/s1. The number of benzene rings is 1. The molecule has 22 heavy (non-hydrogen) atoms. The Morgan fingerprint density at radius 2 is 1.95 bits per heavy atom. The number of ketones is 1. The normalized spacial score (nSPS) is 34.5. The number of Topliss-reactive ketones (excluding diaryl/α,β-unsaturated/α-hetero) is 1. The number of esters is 2. The lowest BCUT2D eigenvalue weighted by atomic mass is 9.80. The van der Waals surface area contributed by atoms with Crippen molar-refractivity contribution in [3.63, 3.8) is 0 Å². The maximum Gasteiger partial charge on any atom is 0.310 e. The van der Waals surface area contributed by atoms with Crippen LogP contribution in [0.15, 0.2) is 30.3 Å². The Hall–Kier alpha value is -2.17. The average Bonchev–Trinajstić information content (AvgIpc) is 3.15. The fourth-order valence-electron chi connectivity index (χ4n) is 4.27. The summed E-state index contributed by atoms with van der Waals surface area (Å²) in [6.45, 7) is -0.276. The Balaban J connectivity index is 1.41. The lowest BCUT2D eigenvalue weighted by Gasteiger charge is -2.22. The molecule has 0 aromatic heterocycles. The van der Waals surface area contributed by atoms with E-state index < -0.39 is 11.9 Å². The third-order valence-electron chi connectivity index (χ3n) is 5.20. The Labute approximate surface area is 127 Å². The molecule has 114 valence electrons. The first-order chi connectivity index (χ1) is 10.6. The van der Waals surface area contributed by atoms with E-state index >= 15 is 0 Å². The van der Waals surface area contributed by atoms with E-state index in [4.69, 9.17) is 9.47 Å². The van der Waals surface area contributed by atoms with Gasteiger partial charge in [0.1, 0.15) is 6.10 Å². The Kier molecular flexibility index (Phi) is 3.03. The Bertz CT molecular complexity index is 636. The van der Waals surface area contributed by atoms with Crippen LogP contribution in [-0.2, 0) is 19.1 Å². The summed E-state index contributed by atoms with van der Waals surface area (Å²) in [4.78, 5) is 36.2. The molecule has 1 heterocycles. The lowest BCUT2D eigenvalue weighted by molar-refractivity contribution is -0.154. The highest BCUT2D eigenvalue weighted by atomic mass is 16.6. The van der Waals surface area contributed by atoms with Crippen molar-refractivity contribution in [2.24, 2.45) is 23.7 Å². The van der Waals surface area contributed by atoms with Gasteiger partial charge in [0.2, 0.25) is 0 Å². The van der Waals surface area contributed by atoms with Crippen LogP contribution in [0, 0.1) is 23.7 Å². The fourth-order valence-corrected chi connectivity index (χ4v) is 4.27. The molecule has 0 N–H and O–H groups in total. The van der Waals surface area contributed by atoms with Crippen molar-refractivity contribution in [1.29, 1.82) is 0 Å². The van der Waals surface area contributed by atoms with Crippen molar-refractivity contribution in [3.8, 4) is 0 Å². The SMILES string of the molecule is O=C(COC(=O)[C@@H]1[C@@H]2C[C@@H]3[C@@H]1C(=O)O[C@@H]3C2)c1ccccc1. The molecule has 0 unspecified atom stereocenters. The largest absolute Gasteiger partial charge is 0.462 e. The van der Waals surface area contributed by atoms with Crippen molar-refractivity contribution >= 4 is 17.7 Å². The molecule has 1 aromatic carbocycles. The van der Waals surface area contributed by atoms with E-state index in [0.717, 1.165) is 12.8 Å². The van der Waals surface area contributed by atoms with Crippen molar-refractivity contribution in [2.75, 3.05) is 6.61 Å². The van der Waals surface area contributed by atoms with Crippen LogP contribution in [0.25, 0.3) is 0 Å². The minimum Gasteiger partial charge on any atom is -0.462 e. The summed E-state index contributed by atoms with van der Waals surface area (Å²) in [7, 11) is 0. The molecule has 3 aliphatic rings. The second-order valence-corrected chi connectivity index (χ2v) is 6.32. The molecular formula is C17H16O5. The first-order valence-electron chi connectivity index (χ1n) is 7.60. The van der Waals surface area contributed by atoms with Gasteiger partial charge in [0, 0.05) is 11.5 Å². The van der Waals surface area contributed by atoms with Gasteiger partial charge in [-0.3, -0.25) is 14.4 Å². The van der Waals surface area contributed by atoms with Crippen molar-refractivity contribution in [3.05, 3.63) is 35.9 Å². The molecule has 5 heteroatoms. The molecular weight excluding hydrogens is 284 g/mol. The highest BCUT2D eigenvalue weighted by Gasteiger charge is 2.64. The smallest absolute Gasteiger partial charge is 0.310 e. The second-order valence-electron chi connectivity index (χ2n) is 6.32. The van der Waals surface area contributed by atoms with Crippen LogP contribution in [0.3, 0.4) is 0 Å². The topological polar surface area (TPSA) is 69.7 Å². The van der Waals surface area contributed by atoms with Gasteiger partial charge in [-0.05, 0) is 18.8 Å². The minimum atomic E-state index is -0.431. The molecule has 2 aliphatic carbocycles. The molecule has 5 atom stereocenters. The average molecular weight is 300 g/mol. The molecule has 0 amide bonds. The van der Waals surface area contributed by atoms with Gasteiger partial charge in [0.25, 0.3) is 0 Å². The van der Waals surface area contributed by atoms with Crippen LogP contribution in [0.4, 0.5) is 0 Å². The summed E-state index contributed by atoms with van der Waals surface area (Å²) in [5, 5.41) is 0. The van der Waals surface area contributed by atoms with Crippen LogP contribution < -0.4 is 0 Å². The minimum absolute atomic E-state index is 0.00231. The van der Waals surface area contributed by atoms with Gasteiger partial charge in [-0.25, -0.2) is 0 Å². The highest BCUT2D eigenvalue weighted by Crippen LogP contribution is 2.57. The number of rotatable bonds is 4. The van der Waals surface area contributed by atoms with Gasteiger partial charge in [0.15, 0.2) is 12.4 Å². The molecule has 3 fully saturated rings. The van der Waals surface area contributed by atoms with Crippen LogP contribution in [0.5, 0.6) is 0 Å². The van der Waals surface area contributed by atoms with E-state index in [1.165, 1.54) is 0 Å². The lowest BCUT2D eigenvalue weighted by Crippen LogP contribution is -2.34. The zero-order valence-electron chi connectivity index (χ0n) is 11.9. The van der Waals surface area contributed by atoms with E-state index in [9.17, 15) is 14.4 Å². The molecule has 0 radical (unpaired) electrons. The third-order valence-corrected chi connectivity index (χ3v) is 5.20. The van der Waals surface area contributed by atoms with Gasteiger partial charge < -0.3 is 9.47 Å². The molecule has 2 bridgehead atoms. The quantitative estimate of drug-likeness (QED) is 0.624. The summed E-state index contributed by atoms with van der Waals surface area (Å²) in [5.74, 6) is -1.40. The van der Waals surface area contributed by atoms with Crippen LogP contribution >= 0.6 is 0 Å². The molecule has 0 spiro atoms. The van der Waals surface area contributed by atoms with Gasteiger partial charge in [-0.1, -0.05) is 30.3 Å². The molecule has 5 nitrogen and oxygen atoms in total. The van der Waals surface area contributed by atoms with Gasteiger partial charge in [-0.2, -0.15) is 0 Å². The maximum atomic E-state index is 12.3. The Morgan fingerprint density at radius 3 is 2.73 bits per heavy atom. The number of hydrogen-bond acceptors (Lipinski definition) is 5. The van der Waals surface area contributed by atoms with E-state index in [1.807, 2.05) is 6.07 Å². The number of carbonyl (C=O) groups is 3. The van der Waals surface area contributed by atoms with E-state index in [-0.39, 0.29) is 42.2 Å². The summed E-state index contributed by atoms with van der Waals surface area (Å²) in [5.41, 5.74) is 0.517. The fraction of sp³-hybridized carbons (Fsp3) is 0.471. The van der Waals surface area contributed by atoms with E-state index in [1.54, 1.807) is 24.3 Å². The predicted molar refractivity (Wildman–Crippen MR) is 74.8 cm³/mol. The zero-order chi connectivity index (χ0) is 15.3. The Morgan fingerprint density at radius 1 is 1.18 bits per heavy atom. The van der Waals surface area contributed by atoms with Crippen molar-refractivity contribution in [2.45, 2.75) is 18.9 Å². The molecule has 1 aliphatic heterocycles. The number of fused-ring (bicyclic) bond motifs is 1. The van der Waals surface area contributed by atoms with Crippen LogP contribution in [0.1, 0.15) is 23.2 Å². The predicted octanol–water partition coefficient (Wildman–Crippen LogP) is 1.61. The number of ether oxygens (including phenoxy) is 2. The zero-order valence-corrected chi connectivity index (χ0v) is 11.9. The number of hydrogen-bond donors (Lipinski definition) is 0. The first kappa shape index (κ1) is 13.5. The van der Waals surface area contributed by atoms with Crippen molar-refractivity contribution in [1.82, 2.24) is 0 Å². The summed E-state index contributed by atoms with van der Waals surface area (Å²) in [6, 6.07) is 8.72. The second kappa shape index (κ2) is 4.93. The van der Waals surface area contributed by atoms with E-state index in [2.05, 4.69) is 0 Å². The molecule has 1 saturated heterocycles. The van der Waals surface area contributed by atoms with Crippen LogP contribution in [0.2, 0.25) is 0 Å². The summed E-state index contributed by atoms with van der Waals surface area (Å²) >= 11 is 0. The maximum absolute atomic E-state index is 12.3. The molecule has 4 rings (SSSR count). The highest BCUT2D eigenvalue weighted by molar-refractivity contribution is 5.98. The molecule has 1 aromatic rings. The van der Waals surface area contributed by atoms with Gasteiger partial charge in [-0.15, -0.1) is 0 Å². The van der Waals surface area contributed by atoms with Gasteiger partial charge in [0.05, 0.1) is 11.8 Å². The summed E-state index contributed by atoms with van der Waals surface area (Å²) in [6.07, 6.45) is 1.60. The van der Waals surface area contributed by atoms with Crippen molar-refractivity contribution < 1.29 is 23.9 Å². The van der Waals surface area contributed by atoms with E-state index in [0.29, 0.717) is 5.56 Å². The monoisotopic (exact) mass is 300 g/mol. The van der Waals surface area contributed by atoms with Gasteiger partial charge >= 0.3 is 11.9 Å².